The second-order valence-electron chi connectivity index (χ2n) is 3.58. The van der Waals surface area contributed by atoms with E-state index in [4.69, 9.17) is 4.74 Å². The van der Waals surface area contributed by atoms with Crippen LogP contribution in [0.15, 0.2) is 48.5 Å². The van der Waals surface area contributed by atoms with Crippen LogP contribution in [0.25, 0.3) is 0 Å². The molecule has 0 radical (unpaired) electrons. The van der Waals surface area contributed by atoms with Gasteiger partial charge in [-0.05, 0) is 12.1 Å². The van der Waals surface area contributed by atoms with Crippen LogP contribution >= 0.6 is 0 Å². The predicted molar refractivity (Wildman–Crippen MR) is 71.7 cm³/mol. The Bertz CT molecular complexity index is 538. The molecule has 88 valence electrons. The molecular weight excluding hydrogens is 239 g/mol. The first-order chi connectivity index (χ1) is 8.22. The molecule has 3 nitrogen and oxygen atoms in total. The molecule has 0 aliphatic heterocycles. The van der Waals surface area contributed by atoms with Crippen molar-refractivity contribution < 1.29 is 14.6 Å². The second kappa shape index (κ2) is 6.59. The minimum absolute atomic E-state index is 0. The van der Waals surface area contributed by atoms with Gasteiger partial charge in [0.2, 0.25) is 0 Å². The van der Waals surface area contributed by atoms with Gasteiger partial charge in [-0.2, -0.15) is 0 Å². The van der Waals surface area contributed by atoms with E-state index in [-0.39, 0.29) is 46.7 Å². The van der Waals surface area contributed by atoms with Crippen molar-refractivity contribution in [3.8, 4) is 11.5 Å². The fraction of sp³-hybridized carbons (Fsp3) is 0.0714. The van der Waals surface area contributed by atoms with E-state index in [9.17, 15) is 9.90 Å². The number of ketones is 1. The van der Waals surface area contributed by atoms with Gasteiger partial charge in [0, 0.05) is 11.6 Å². The van der Waals surface area contributed by atoms with Crippen molar-refractivity contribution in [3.63, 3.8) is 0 Å². The number of benzene rings is 2. The summed E-state index contributed by atoms with van der Waals surface area (Å²) in [5, 5.41) is 9.75. The minimum atomic E-state index is -0.203. The molecule has 0 amide bonds. The Morgan fingerprint density at radius 3 is 2.33 bits per heavy atom. The normalized spacial score (nSPS) is 9.39. The van der Waals surface area contributed by atoms with Crippen LogP contribution in [0.2, 0.25) is 0 Å². The maximum absolute atomic E-state index is 12.1. The Balaban J connectivity index is 0.00000162. The number of hydrogen-bond donors (Lipinski definition) is 1. The summed E-state index contributed by atoms with van der Waals surface area (Å²) in [7, 11) is 1.51. The van der Waals surface area contributed by atoms with Crippen molar-refractivity contribution in [1.29, 1.82) is 0 Å². The van der Waals surface area contributed by atoms with Crippen LogP contribution in [0.5, 0.6) is 11.5 Å². The Morgan fingerprint density at radius 2 is 1.78 bits per heavy atom. The van der Waals surface area contributed by atoms with Crippen molar-refractivity contribution in [2.45, 2.75) is 0 Å². The number of phenols is 1. The van der Waals surface area contributed by atoms with Gasteiger partial charge in [0.1, 0.15) is 11.5 Å². The zero-order valence-electron chi connectivity index (χ0n) is 9.38. The predicted octanol–water partition coefficient (Wildman–Crippen LogP) is 1.98. The second-order valence-corrected chi connectivity index (χ2v) is 3.58. The van der Waals surface area contributed by atoms with E-state index in [0.29, 0.717) is 11.3 Å². The molecule has 18 heavy (non-hydrogen) atoms. The molecule has 0 aliphatic rings. The van der Waals surface area contributed by atoms with Crippen LogP contribution < -0.4 is 4.74 Å². The summed E-state index contributed by atoms with van der Waals surface area (Å²) in [4.78, 5) is 12.1. The first kappa shape index (κ1) is 14.8. The molecular formula is C14H13NaO3. The van der Waals surface area contributed by atoms with Crippen LogP contribution in [0.1, 0.15) is 15.9 Å². The topological polar surface area (TPSA) is 46.5 Å². The molecule has 0 saturated carbocycles. The number of methoxy groups -OCH3 is 1. The van der Waals surface area contributed by atoms with Gasteiger partial charge >= 0.3 is 29.6 Å². The summed E-state index contributed by atoms with van der Waals surface area (Å²) >= 11 is 0. The molecule has 1 N–H and O–H groups in total. The van der Waals surface area contributed by atoms with Crippen molar-refractivity contribution >= 4 is 35.3 Å². The van der Waals surface area contributed by atoms with E-state index in [0.717, 1.165) is 0 Å². The van der Waals surface area contributed by atoms with Crippen molar-refractivity contribution in [2.75, 3.05) is 7.11 Å². The molecule has 2 rings (SSSR count). The zero-order valence-corrected chi connectivity index (χ0v) is 9.38. The first-order valence-electron chi connectivity index (χ1n) is 5.19. The Labute approximate surface area is 128 Å². The van der Waals surface area contributed by atoms with Gasteiger partial charge in [-0.15, -0.1) is 0 Å². The summed E-state index contributed by atoms with van der Waals surface area (Å²) in [6.45, 7) is 0. The van der Waals surface area contributed by atoms with Gasteiger partial charge in [-0.25, -0.2) is 0 Å². The number of hydrogen-bond acceptors (Lipinski definition) is 3. The molecule has 0 unspecified atom stereocenters. The molecule has 0 aromatic heterocycles. The molecule has 0 fully saturated rings. The molecule has 0 saturated heterocycles. The maximum atomic E-state index is 12.1. The van der Waals surface area contributed by atoms with Gasteiger partial charge in [0.15, 0.2) is 5.78 Å². The van der Waals surface area contributed by atoms with Crippen LogP contribution in [0.3, 0.4) is 0 Å². The van der Waals surface area contributed by atoms with Gasteiger partial charge in [0.05, 0.1) is 12.7 Å². The van der Waals surface area contributed by atoms with E-state index in [1.54, 1.807) is 36.4 Å². The third kappa shape index (κ3) is 3.13. The number of ether oxygens (including phenoxy) is 1. The van der Waals surface area contributed by atoms with Crippen molar-refractivity contribution in [2.24, 2.45) is 0 Å². The number of phenolic OH excluding ortho intramolecular Hbond substituents is 1. The molecule has 0 heterocycles. The Morgan fingerprint density at radius 1 is 1.11 bits per heavy atom. The van der Waals surface area contributed by atoms with Crippen LogP contribution in [-0.4, -0.2) is 47.6 Å². The quantitative estimate of drug-likeness (QED) is 0.671. The van der Waals surface area contributed by atoms with E-state index in [1.807, 2.05) is 6.07 Å². The molecule has 2 aromatic rings. The van der Waals surface area contributed by atoms with Crippen LogP contribution in [-0.2, 0) is 0 Å². The van der Waals surface area contributed by atoms with Gasteiger partial charge in [-0.3, -0.25) is 4.79 Å². The van der Waals surface area contributed by atoms with Crippen molar-refractivity contribution in [3.05, 3.63) is 59.7 Å². The fourth-order valence-electron chi connectivity index (χ4n) is 1.58. The fourth-order valence-corrected chi connectivity index (χ4v) is 1.58. The van der Waals surface area contributed by atoms with E-state index in [2.05, 4.69) is 0 Å². The molecule has 4 heteroatoms. The first-order valence-corrected chi connectivity index (χ1v) is 5.19. The molecule has 0 atom stereocenters. The van der Waals surface area contributed by atoms with Crippen LogP contribution in [0, 0.1) is 0 Å². The van der Waals surface area contributed by atoms with Crippen molar-refractivity contribution in [1.82, 2.24) is 0 Å². The number of aromatic hydroxyl groups is 1. The summed E-state index contributed by atoms with van der Waals surface area (Å²) in [5.74, 6) is 0.246. The standard InChI is InChI=1S/C14H12O3.Na.H/c1-17-11-7-8-12(13(15)9-11)14(16)10-5-3-2-4-6-10;;/h2-9,15H,1H3;;. The van der Waals surface area contributed by atoms with Gasteiger partial charge in [-0.1, -0.05) is 30.3 Å². The SMILES string of the molecule is COc1ccc(C(=O)c2ccccc2)c(O)c1.[NaH]. The number of rotatable bonds is 3. The summed E-state index contributed by atoms with van der Waals surface area (Å²) in [6, 6.07) is 13.5. The average molecular weight is 252 g/mol. The third-order valence-corrected chi connectivity index (χ3v) is 2.49. The number of carbonyl (C=O) groups is 1. The molecule has 0 aliphatic carbocycles. The molecule has 0 spiro atoms. The van der Waals surface area contributed by atoms with E-state index < -0.39 is 0 Å². The van der Waals surface area contributed by atoms with Gasteiger partial charge < -0.3 is 9.84 Å². The Kier molecular flexibility index (Phi) is 5.41. The molecule has 2 aromatic carbocycles. The summed E-state index contributed by atoms with van der Waals surface area (Å²) < 4.78 is 4.96. The number of carbonyl (C=O) groups excluding carboxylic acids is 1. The zero-order chi connectivity index (χ0) is 12.3. The summed E-state index contributed by atoms with van der Waals surface area (Å²) in [6.07, 6.45) is 0. The third-order valence-electron chi connectivity index (χ3n) is 2.49. The van der Waals surface area contributed by atoms with E-state index in [1.165, 1.54) is 13.2 Å². The summed E-state index contributed by atoms with van der Waals surface area (Å²) in [5.41, 5.74) is 0.824. The molecule has 0 bridgehead atoms. The van der Waals surface area contributed by atoms with Gasteiger partial charge in [0.25, 0.3) is 0 Å². The average Bonchev–Trinajstić information content (AvgIpc) is 2.39. The monoisotopic (exact) mass is 252 g/mol. The van der Waals surface area contributed by atoms with Crippen LogP contribution in [0.4, 0.5) is 0 Å². The Hall–Kier alpha value is -1.29. The van der Waals surface area contributed by atoms with E-state index >= 15 is 0 Å².